The molecule has 1 aliphatic heterocycles. The molecule has 1 heterocycles. The summed E-state index contributed by atoms with van der Waals surface area (Å²) >= 11 is 0. The fourth-order valence-electron chi connectivity index (χ4n) is 2.01. The van der Waals surface area contributed by atoms with Crippen LogP contribution in [0.15, 0.2) is 24.3 Å². The summed E-state index contributed by atoms with van der Waals surface area (Å²) in [4.78, 5) is 13.1. The number of nitrogens with one attached hydrogen (secondary N) is 1. The Hall–Kier alpha value is -1.55. The number of aryl methyl sites for hydroxylation is 1. The Labute approximate surface area is 108 Å². The Bertz CT molecular complexity index is 391. The molecule has 1 N–H and O–H groups in total. The SMILES string of the molecule is CN(C)C(=O)CNC1CCc2ccccc2OC1. The van der Waals surface area contributed by atoms with Crippen LogP contribution in [0.3, 0.4) is 0 Å². The second-order valence-corrected chi connectivity index (χ2v) is 4.82. The molecule has 0 radical (unpaired) electrons. The van der Waals surface area contributed by atoms with Gasteiger partial charge in [-0.25, -0.2) is 0 Å². The lowest BCUT2D eigenvalue weighted by atomic mass is 10.1. The highest BCUT2D eigenvalue weighted by atomic mass is 16.5. The van der Waals surface area contributed by atoms with Crippen LogP contribution in [0.5, 0.6) is 5.75 Å². The van der Waals surface area contributed by atoms with E-state index in [0.717, 1.165) is 18.6 Å². The molecule has 1 aromatic rings. The first-order valence-electron chi connectivity index (χ1n) is 6.31. The van der Waals surface area contributed by atoms with Crippen LogP contribution in [-0.2, 0) is 11.2 Å². The minimum absolute atomic E-state index is 0.0942. The highest BCUT2D eigenvalue weighted by Gasteiger charge is 2.17. The fraction of sp³-hybridized carbons (Fsp3) is 0.500. The number of para-hydroxylation sites is 1. The van der Waals surface area contributed by atoms with E-state index in [0.29, 0.717) is 13.2 Å². The van der Waals surface area contributed by atoms with E-state index in [1.165, 1.54) is 5.56 Å². The minimum Gasteiger partial charge on any atom is -0.492 e. The number of carbonyl (C=O) groups is 1. The predicted octanol–water partition coefficient (Wildman–Crippen LogP) is 1.06. The molecule has 0 saturated heterocycles. The van der Waals surface area contributed by atoms with Gasteiger partial charge in [0, 0.05) is 20.1 Å². The largest absolute Gasteiger partial charge is 0.492 e. The zero-order valence-corrected chi connectivity index (χ0v) is 11.0. The summed E-state index contributed by atoms with van der Waals surface area (Å²) in [7, 11) is 3.53. The Kier molecular flexibility index (Phi) is 4.20. The van der Waals surface area contributed by atoms with Crippen molar-refractivity contribution in [1.29, 1.82) is 0 Å². The first-order valence-corrected chi connectivity index (χ1v) is 6.31. The predicted molar refractivity (Wildman–Crippen MR) is 70.7 cm³/mol. The van der Waals surface area contributed by atoms with E-state index < -0.39 is 0 Å². The van der Waals surface area contributed by atoms with Gasteiger partial charge in [0.2, 0.25) is 5.91 Å². The summed E-state index contributed by atoms with van der Waals surface area (Å²) in [6, 6.07) is 8.36. The molecule has 1 amide bonds. The Morgan fingerprint density at radius 3 is 3.00 bits per heavy atom. The topological polar surface area (TPSA) is 41.6 Å². The third-order valence-corrected chi connectivity index (χ3v) is 3.22. The van der Waals surface area contributed by atoms with Crippen LogP contribution in [0.25, 0.3) is 0 Å². The summed E-state index contributed by atoms with van der Waals surface area (Å²) < 4.78 is 5.77. The molecule has 4 nitrogen and oxygen atoms in total. The molecule has 0 aliphatic carbocycles. The minimum atomic E-state index is 0.0942. The van der Waals surface area contributed by atoms with Crippen molar-refractivity contribution in [1.82, 2.24) is 10.2 Å². The number of hydrogen-bond acceptors (Lipinski definition) is 3. The molecular formula is C14H20N2O2. The molecule has 18 heavy (non-hydrogen) atoms. The molecule has 2 rings (SSSR count). The number of fused-ring (bicyclic) bond motifs is 1. The number of nitrogens with zero attached hydrogens (tertiary/aromatic N) is 1. The number of rotatable bonds is 3. The van der Waals surface area contributed by atoms with Crippen LogP contribution in [0.2, 0.25) is 0 Å². The molecule has 0 spiro atoms. The molecule has 1 unspecified atom stereocenters. The molecule has 0 bridgehead atoms. The van der Waals surface area contributed by atoms with Crippen LogP contribution in [0, 0.1) is 0 Å². The molecule has 98 valence electrons. The van der Waals surface area contributed by atoms with Gasteiger partial charge in [0.05, 0.1) is 6.54 Å². The van der Waals surface area contributed by atoms with E-state index in [1.807, 2.05) is 18.2 Å². The normalized spacial score (nSPS) is 18.4. The third-order valence-electron chi connectivity index (χ3n) is 3.22. The summed E-state index contributed by atoms with van der Waals surface area (Å²) in [6.45, 7) is 0.995. The summed E-state index contributed by atoms with van der Waals surface area (Å²) in [5, 5.41) is 3.26. The van der Waals surface area contributed by atoms with Gasteiger partial charge in [-0.2, -0.15) is 0 Å². The summed E-state index contributed by atoms with van der Waals surface area (Å²) in [5.41, 5.74) is 1.25. The molecule has 0 aromatic heterocycles. The van der Waals surface area contributed by atoms with Gasteiger partial charge < -0.3 is 15.0 Å². The highest BCUT2D eigenvalue weighted by Crippen LogP contribution is 2.23. The summed E-state index contributed by atoms with van der Waals surface area (Å²) in [5.74, 6) is 1.07. The zero-order chi connectivity index (χ0) is 13.0. The van der Waals surface area contributed by atoms with Gasteiger partial charge in [0.25, 0.3) is 0 Å². The Morgan fingerprint density at radius 2 is 2.22 bits per heavy atom. The van der Waals surface area contributed by atoms with Gasteiger partial charge in [-0.05, 0) is 24.5 Å². The van der Waals surface area contributed by atoms with E-state index in [4.69, 9.17) is 4.74 Å². The van der Waals surface area contributed by atoms with Crippen LogP contribution >= 0.6 is 0 Å². The van der Waals surface area contributed by atoms with Crippen LogP contribution in [0.1, 0.15) is 12.0 Å². The number of likely N-dealkylation sites (N-methyl/N-ethyl adjacent to an activating group) is 1. The average molecular weight is 248 g/mol. The average Bonchev–Trinajstić information content (AvgIpc) is 2.58. The lowest BCUT2D eigenvalue weighted by molar-refractivity contribution is -0.127. The lowest BCUT2D eigenvalue weighted by Crippen LogP contribution is -2.41. The molecular weight excluding hydrogens is 228 g/mol. The summed E-state index contributed by atoms with van der Waals surface area (Å²) in [6.07, 6.45) is 1.99. The lowest BCUT2D eigenvalue weighted by Gasteiger charge is -2.17. The van der Waals surface area contributed by atoms with Gasteiger partial charge in [-0.1, -0.05) is 18.2 Å². The second kappa shape index (κ2) is 5.87. The second-order valence-electron chi connectivity index (χ2n) is 4.82. The molecule has 1 aliphatic rings. The van der Waals surface area contributed by atoms with Gasteiger partial charge >= 0.3 is 0 Å². The number of ether oxygens (including phenoxy) is 1. The molecule has 0 saturated carbocycles. The van der Waals surface area contributed by atoms with Gasteiger partial charge in [0.1, 0.15) is 12.4 Å². The Morgan fingerprint density at radius 1 is 1.44 bits per heavy atom. The van der Waals surface area contributed by atoms with Crippen molar-refractivity contribution in [2.75, 3.05) is 27.2 Å². The number of hydrogen-bond donors (Lipinski definition) is 1. The number of benzene rings is 1. The maximum Gasteiger partial charge on any atom is 0.236 e. The first-order chi connectivity index (χ1) is 8.66. The van der Waals surface area contributed by atoms with Crippen molar-refractivity contribution in [2.24, 2.45) is 0 Å². The van der Waals surface area contributed by atoms with Crippen molar-refractivity contribution in [3.05, 3.63) is 29.8 Å². The highest BCUT2D eigenvalue weighted by molar-refractivity contribution is 5.77. The standard InChI is InChI=1S/C14H20N2O2/c1-16(2)14(17)9-15-12-8-7-11-5-3-4-6-13(11)18-10-12/h3-6,12,15H,7-10H2,1-2H3. The fourth-order valence-corrected chi connectivity index (χ4v) is 2.01. The quantitative estimate of drug-likeness (QED) is 0.869. The van der Waals surface area contributed by atoms with Crippen LogP contribution in [0.4, 0.5) is 0 Å². The zero-order valence-electron chi connectivity index (χ0n) is 11.0. The molecule has 0 fully saturated rings. The number of carbonyl (C=O) groups excluding carboxylic acids is 1. The van der Waals surface area contributed by atoms with Crippen molar-refractivity contribution in [3.63, 3.8) is 0 Å². The third kappa shape index (κ3) is 3.23. The molecule has 1 aromatic carbocycles. The first kappa shape index (κ1) is 12.9. The van der Waals surface area contributed by atoms with Crippen molar-refractivity contribution in [2.45, 2.75) is 18.9 Å². The monoisotopic (exact) mass is 248 g/mol. The molecule has 4 heteroatoms. The maximum atomic E-state index is 11.5. The van der Waals surface area contributed by atoms with E-state index in [9.17, 15) is 4.79 Å². The van der Waals surface area contributed by atoms with E-state index in [2.05, 4.69) is 11.4 Å². The van der Waals surface area contributed by atoms with Crippen LogP contribution in [-0.4, -0.2) is 44.1 Å². The maximum absolute atomic E-state index is 11.5. The van der Waals surface area contributed by atoms with E-state index in [1.54, 1.807) is 19.0 Å². The van der Waals surface area contributed by atoms with E-state index in [-0.39, 0.29) is 11.9 Å². The van der Waals surface area contributed by atoms with E-state index >= 15 is 0 Å². The van der Waals surface area contributed by atoms with Crippen molar-refractivity contribution in [3.8, 4) is 5.75 Å². The van der Waals surface area contributed by atoms with Gasteiger partial charge in [0.15, 0.2) is 0 Å². The van der Waals surface area contributed by atoms with Crippen molar-refractivity contribution >= 4 is 5.91 Å². The number of amides is 1. The molecule has 1 atom stereocenters. The Balaban J connectivity index is 1.87. The smallest absolute Gasteiger partial charge is 0.236 e. The van der Waals surface area contributed by atoms with Gasteiger partial charge in [-0.3, -0.25) is 4.79 Å². The van der Waals surface area contributed by atoms with Crippen LogP contribution < -0.4 is 10.1 Å². The van der Waals surface area contributed by atoms with Crippen molar-refractivity contribution < 1.29 is 9.53 Å². The van der Waals surface area contributed by atoms with Gasteiger partial charge in [-0.15, -0.1) is 0 Å².